The maximum Gasteiger partial charge on any atom is 0.306 e. The number of aliphatic hydroxyl groups excluding tert-OH is 2. The highest BCUT2D eigenvalue weighted by Crippen LogP contribution is 2.11. The van der Waals surface area contributed by atoms with E-state index >= 15 is 0 Å². The van der Waals surface area contributed by atoms with E-state index in [1.54, 1.807) is 0 Å². The summed E-state index contributed by atoms with van der Waals surface area (Å²) in [6.45, 7) is 8.13. The van der Waals surface area contributed by atoms with Crippen molar-refractivity contribution in [2.75, 3.05) is 26.4 Å². The molecule has 2 N–H and O–H groups in total. The Labute approximate surface area is 538 Å². The van der Waals surface area contributed by atoms with Crippen LogP contribution in [0.15, 0.2) is 146 Å². The third-order valence-electron chi connectivity index (χ3n) is 13.9. The third kappa shape index (κ3) is 73.2. The number of carbonyl (C=O) groups is 4. The summed E-state index contributed by atoms with van der Waals surface area (Å²) in [5, 5.41) is 19.5. The number of carbonyl (C=O) groups excluding carboxylic acids is 4. The zero-order valence-electron chi connectivity index (χ0n) is 56.3. The second-order valence-corrected chi connectivity index (χ2v) is 22.5. The number of unbranched alkanes of at least 4 members (excludes halogenated alkanes) is 20. The van der Waals surface area contributed by atoms with Gasteiger partial charge in [0.05, 0.1) is 6.61 Å². The number of hydrogen-bond donors (Lipinski definition) is 2. The molecule has 0 saturated carbocycles. The van der Waals surface area contributed by atoms with Gasteiger partial charge in [-0.2, -0.15) is 0 Å². The van der Waals surface area contributed by atoms with Crippen LogP contribution in [0, 0.1) is 0 Å². The maximum atomic E-state index is 12.1. The Hall–Kier alpha value is -5.32. The zero-order valence-corrected chi connectivity index (χ0v) is 56.3. The molecule has 1 unspecified atom stereocenters. The number of ether oxygens (including phenoxy) is 4. The maximum absolute atomic E-state index is 12.1. The molecule has 10 nitrogen and oxygen atoms in total. The van der Waals surface area contributed by atoms with Crippen LogP contribution in [0.3, 0.4) is 0 Å². The van der Waals surface area contributed by atoms with Crippen LogP contribution in [-0.4, -0.2) is 72.7 Å². The summed E-state index contributed by atoms with van der Waals surface area (Å²) >= 11 is 0. The first-order chi connectivity index (χ1) is 43.2. The minimum absolute atomic E-state index is 0.105. The Balaban J connectivity index is 0. The first-order valence-corrected chi connectivity index (χ1v) is 35.0. The molecule has 0 saturated heterocycles. The molecular weight excluding hydrogens is 1100 g/mol. The van der Waals surface area contributed by atoms with Crippen LogP contribution in [-0.2, 0) is 38.1 Å². The highest BCUT2D eigenvalue weighted by atomic mass is 16.6. The first-order valence-electron chi connectivity index (χ1n) is 35.0. The molecule has 0 spiro atoms. The van der Waals surface area contributed by atoms with Crippen LogP contribution in [0.1, 0.15) is 285 Å². The molecule has 0 bridgehead atoms. The number of esters is 4. The van der Waals surface area contributed by atoms with Gasteiger partial charge < -0.3 is 29.2 Å². The van der Waals surface area contributed by atoms with Crippen molar-refractivity contribution in [3.05, 3.63) is 146 Å². The molecule has 0 radical (unpaired) electrons. The van der Waals surface area contributed by atoms with Gasteiger partial charge in [-0.05, 0) is 180 Å². The molecule has 1 atom stereocenters. The Morgan fingerprint density at radius 1 is 0.284 bits per heavy atom. The molecular formula is C78H128O10. The van der Waals surface area contributed by atoms with Gasteiger partial charge in [0.1, 0.15) is 25.9 Å². The lowest BCUT2D eigenvalue weighted by Crippen LogP contribution is -2.28. The van der Waals surface area contributed by atoms with Crippen molar-refractivity contribution in [3.8, 4) is 0 Å². The average molecular weight is 1230 g/mol. The van der Waals surface area contributed by atoms with E-state index in [0.29, 0.717) is 25.7 Å². The van der Waals surface area contributed by atoms with Crippen molar-refractivity contribution in [2.24, 2.45) is 0 Å². The van der Waals surface area contributed by atoms with Crippen LogP contribution < -0.4 is 0 Å². The van der Waals surface area contributed by atoms with Crippen LogP contribution in [0.2, 0.25) is 0 Å². The van der Waals surface area contributed by atoms with Gasteiger partial charge in [0.15, 0.2) is 6.10 Å². The van der Waals surface area contributed by atoms with Gasteiger partial charge in [-0.1, -0.05) is 225 Å². The molecule has 10 heteroatoms. The van der Waals surface area contributed by atoms with E-state index in [0.717, 1.165) is 128 Å². The van der Waals surface area contributed by atoms with Crippen molar-refractivity contribution in [1.82, 2.24) is 0 Å². The summed E-state index contributed by atoms with van der Waals surface area (Å²) in [5.41, 5.74) is 0. The quantitative estimate of drug-likeness (QED) is 0.0261. The van der Waals surface area contributed by atoms with E-state index in [4.69, 9.17) is 18.9 Å². The molecule has 0 amide bonds. The van der Waals surface area contributed by atoms with Gasteiger partial charge in [-0.15, -0.1) is 0 Å². The van der Waals surface area contributed by atoms with Crippen LogP contribution in [0.25, 0.3) is 0 Å². The predicted molar refractivity (Wildman–Crippen MR) is 373 cm³/mol. The number of allylic oxidation sites excluding steroid dienone is 24. The first kappa shape index (κ1) is 84.7. The lowest BCUT2D eigenvalue weighted by atomic mass is 10.1. The van der Waals surface area contributed by atoms with Gasteiger partial charge in [0.25, 0.3) is 0 Å². The lowest BCUT2D eigenvalue weighted by molar-refractivity contribution is -0.161. The van der Waals surface area contributed by atoms with Gasteiger partial charge in [0.2, 0.25) is 0 Å². The van der Waals surface area contributed by atoms with E-state index in [1.165, 1.54) is 103 Å². The summed E-state index contributed by atoms with van der Waals surface area (Å²) < 4.78 is 20.7. The van der Waals surface area contributed by atoms with E-state index in [2.05, 4.69) is 174 Å². The van der Waals surface area contributed by atoms with Crippen LogP contribution >= 0.6 is 0 Å². The fourth-order valence-corrected chi connectivity index (χ4v) is 8.48. The second kappa shape index (κ2) is 74.1. The third-order valence-corrected chi connectivity index (χ3v) is 13.9. The largest absolute Gasteiger partial charge is 0.463 e. The number of hydrogen-bond acceptors (Lipinski definition) is 10. The van der Waals surface area contributed by atoms with Gasteiger partial charge in [0, 0.05) is 25.7 Å². The summed E-state index contributed by atoms with van der Waals surface area (Å²) in [5.74, 6) is -1.35. The normalized spacial score (nSPS) is 12.8. The Morgan fingerprint density at radius 2 is 0.489 bits per heavy atom. The van der Waals surface area contributed by atoms with Crippen LogP contribution in [0.4, 0.5) is 0 Å². The van der Waals surface area contributed by atoms with E-state index in [1.807, 2.05) is 0 Å². The fraction of sp³-hybridized carbons (Fsp3) is 0.641. The van der Waals surface area contributed by atoms with E-state index in [-0.39, 0.29) is 50.3 Å². The van der Waals surface area contributed by atoms with Gasteiger partial charge in [-0.25, -0.2) is 0 Å². The molecule has 500 valence electrons. The highest BCUT2D eigenvalue weighted by molar-refractivity contribution is 5.71. The monoisotopic (exact) mass is 1220 g/mol. The van der Waals surface area contributed by atoms with Crippen molar-refractivity contribution in [2.45, 2.75) is 297 Å². The summed E-state index contributed by atoms with van der Waals surface area (Å²) in [6.07, 6.45) is 90.4. The van der Waals surface area contributed by atoms with E-state index in [9.17, 15) is 29.4 Å². The second-order valence-electron chi connectivity index (χ2n) is 22.5. The standard InChI is InChI=1S/2C39H64O5/c1-3-5-7-9-11-13-15-17-19-21-23-25-27-29-31-33-38(41)43-35-37(40)36-44-39(42)34-32-30-28-26-24-22-20-18-16-14-12-10-8-6-4-2;1-3-5-7-9-11-13-15-17-19-21-23-25-27-29-31-33-38(41)43-36-37(35-40)44-39(42)34-32-30-28-26-24-22-20-18-16-14-12-10-8-6-4-2/h2*11-14,17-20,23-26,37,40H,3-10,15-16,21-22,27-36H2,1-2H3/b2*13-11-,14-12-,19-17-,20-18-,25-23-,26-24-. The number of aliphatic hydroxyl groups is 2. The molecule has 0 aromatic heterocycles. The predicted octanol–water partition coefficient (Wildman–Crippen LogP) is 21.2. The Morgan fingerprint density at radius 3 is 0.716 bits per heavy atom. The van der Waals surface area contributed by atoms with Gasteiger partial charge in [-0.3, -0.25) is 19.2 Å². The van der Waals surface area contributed by atoms with Crippen molar-refractivity contribution in [1.29, 1.82) is 0 Å². The summed E-state index contributed by atoms with van der Waals surface area (Å²) in [7, 11) is 0. The summed E-state index contributed by atoms with van der Waals surface area (Å²) in [4.78, 5) is 47.9. The van der Waals surface area contributed by atoms with Crippen LogP contribution in [0.5, 0.6) is 0 Å². The highest BCUT2D eigenvalue weighted by Gasteiger charge is 2.16. The van der Waals surface area contributed by atoms with Crippen molar-refractivity contribution >= 4 is 23.9 Å². The van der Waals surface area contributed by atoms with Crippen molar-refractivity contribution < 1.29 is 48.3 Å². The molecule has 0 aromatic carbocycles. The van der Waals surface area contributed by atoms with E-state index < -0.39 is 12.2 Å². The number of rotatable bonds is 60. The Kier molecular flexibility index (Phi) is 71.4. The molecule has 0 aliphatic heterocycles. The van der Waals surface area contributed by atoms with Gasteiger partial charge >= 0.3 is 23.9 Å². The average Bonchev–Trinajstić information content (AvgIpc) is 3.53. The lowest BCUT2D eigenvalue weighted by Gasteiger charge is -2.15. The molecule has 88 heavy (non-hydrogen) atoms. The molecule has 0 aliphatic carbocycles. The molecule has 0 fully saturated rings. The molecule has 0 aromatic rings. The SMILES string of the molecule is CCCCC/C=C\C/C=C\C/C=C\CCCCC(=O)OCC(CO)OC(=O)CCCC/C=C\C/C=C\C/C=C\CCCCC.CCCCC/C=C\C/C=C\C/C=C\CCCCC(=O)OCC(O)COC(=O)CCCC/C=C\C/C=C\C/C=C\CCCCC. The topological polar surface area (TPSA) is 146 Å². The minimum Gasteiger partial charge on any atom is -0.463 e. The smallest absolute Gasteiger partial charge is 0.306 e. The molecule has 0 heterocycles. The molecule has 0 rings (SSSR count). The van der Waals surface area contributed by atoms with Crippen molar-refractivity contribution in [3.63, 3.8) is 0 Å². The fourth-order valence-electron chi connectivity index (χ4n) is 8.48. The molecule has 0 aliphatic rings. The minimum atomic E-state index is -0.997. The zero-order chi connectivity index (χ0) is 64.4. The summed E-state index contributed by atoms with van der Waals surface area (Å²) in [6, 6.07) is 0. The Bertz CT molecular complexity index is 1870.